The molecular weight excluding hydrogens is 588 g/mol. The number of hydrogen-bond acceptors (Lipinski definition) is 7. The molecule has 0 radical (unpaired) electrons. The van der Waals surface area contributed by atoms with Crippen LogP contribution in [0.15, 0.2) is 24.3 Å². The van der Waals surface area contributed by atoms with Crippen molar-refractivity contribution < 1.29 is 26.4 Å². The van der Waals surface area contributed by atoms with Crippen LogP contribution < -0.4 is 16.4 Å². The van der Waals surface area contributed by atoms with Crippen molar-refractivity contribution in [3.05, 3.63) is 35.4 Å². The van der Waals surface area contributed by atoms with E-state index >= 15 is 0 Å². The van der Waals surface area contributed by atoms with Crippen LogP contribution in [0, 0.1) is 16.7 Å². The number of sulfonamides is 1. The molecule has 1 heterocycles. The normalized spacial score (nSPS) is 28.5. The highest BCUT2D eigenvalue weighted by molar-refractivity contribution is 7.90. The van der Waals surface area contributed by atoms with Gasteiger partial charge in [0.05, 0.1) is 17.5 Å². The Hall–Kier alpha value is -2.02. The van der Waals surface area contributed by atoms with Gasteiger partial charge in [0, 0.05) is 43.8 Å². The largest absolute Gasteiger partial charge is 0.370 e. The van der Waals surface area contributed by atoms with E-state index < -0.39 is 37.2 Å². The van der Waals surface area contributed by atoms with E-state index in [-0.39, 0.29) is 59.6 Å². The molecule has 10 nitrogen and oxygen atoms in total. The van der Waals surface area contributed by atoms with Crippen LogP contribution in [0.4, 0.5) is 0 Å². The molecule has 1 aromatic carbocycles. The van der Waals surface area contributed by atoms with E-state index in [9.17, 15) is 26.4 Å². The number of carbonyl (C=O) groups is 2. The van der Waals surface area contributed by atoms with Crippen LogP contribution >= 0.6 is 0 Å². The summed E-state index contributed by atoms with van der Waals surface area (Å²) in [5.74, 6) is -0.757. The van der Waals surface area contributed by atoms with Crippen molar-refractivity contribution in [1.82, 2.24) is 14.9 Å². The van der Waals surface area contributed by atoms with E-state index in [1.165, 1.54) is 11.1 Å². The van der Waals surface area contributed by atoms with Gasteiger partial charge >= 0.3 is 0 Å². The maximum atomic E-state index is 14.1. The molecule has 1 aromatic rings. The maximum Gasteiger partial charge on any atom is 0.237 e. The quantitative estimate of drug-likeness (QED) is 0.316. The number of nitrogens with one attached hydrogen (secondary N) is 2. The third-order valence-electron chi connectivity index (χ3n) is 11.6. The zero-order valence-electron chi connectivity index (χ0n) is 25.7. The number of amides is 2. The summed E-state index contributed by atoms with van der Waals surface area (Å²) in [6.07, 6.45) is 7.34. The molecule has 4 aliphatic rings. The first kappa shape index (κ1) is 32.4. The standard InChI is InChI=1S/C31H48N4O6S2/c1-29(2)23-11-13-31(29,26(20-23)34-28(37)25(8-9-27(32)36)33-16-19-42(3,38)39)21-43(40,41)35-17-14-30(15-18-35)12-10-22-6-4-5-7-24(22)30/h4-7,23,25-26,33H,8-21H2,1-3H3,(H2,32,36)(H,34,37)/t23-,25?,26-,31+/m0/s1. The van der Waals surface area contributed by atoms with Crippen LogP contribution in [-0.4, -0.2) is 82.4 Å². The van der Waals surface area contributed by atoms with Crippen molar-refractivity contribution in [3.63, 3.8) is 0 Å². The Morgan fingerprint density at radius 2 is 1.77 bits per heavy atom. The highest BCUT2D eigenvalue weighted by Crippen LogP contribution is 2.66. The van der Waals surface area contributed by atoms with Gasteiger partial charge in [0.15, 0.2) is 0 Å². The fraction of sp³-hybridized carbons (Fsp3) is 0.742. The number of rotatable bonds is 12. The van der Waals surface area contributed by atoms with Crippen molar-refractivity contribution >= 4 is 31.7 Å². The van der Waals surface area contributed by atoms with Gasteiger partial charge in [0.25, 0.3) is 0 Å². The molecule has 1 unspecified atom stereocenters. The van der Waals surface area contributed by atoms with Gasteiger partial charge in [-0.2, -0.15) is 0 Å². The molecule has 43 heavy (non-hydrogen) atoms. The number of piperidine rings is 1. The molecule has 1 saturated heterocycles. The first-order valence-corrected chi connectivity index (χ1v) is 19.3. The number of hydrogen-bond donors (Lipinski definition) is 3. The topological polar surface area (TPSA) is 156 Å². The fourth-order valence-electron chi connectivity index (χ4n) is 8.82. The minimum atomic E-state index is -3.61. The minimum absolute atomic E-state index is 0.00844. The van der Waals surface area contributed by atoms with Crippen molar-refractivity contribution in [2.45, 2.75) is 89.1 Å². The predicted octanol–water partition coefficient (Wildman–Crippen LogP) is 1.88. The number of benzene rings is 1. The predicted molar refractivity (Wildman–Crippen MR) is 166 cm³/mol. The Bertz CT molecular complexity index is 1450. The van der Waals surface area contributed by atoms with E-state index in [2.05, 4.69) is 48.7 Å². The van der Waals surface area contributed by atoms with Crippen molar-refractivity contribution in [2.75, 3.05) is 37.4 Å². The molecule has 2 bridgehead atoms. The smallest absolute Gasteiger partial charge is 0.237 e. The second-order valence-corrected chi connectivity index (χ2v) is 18.4. The van der Waals surface area contributed by atoms with Gasteiger partial charge in [0.1, 0.15) is 9.84 Å². The summed E-state index contributed by atoms with van der Waals surface area (Å²) >= 11 is 0. The SMILES string of the molecule is CC1(C)[C@H]2CC[C@@]1(CS(=O)(=O)N1CCC3(CCc4ccccc43)CC1)[C@@H](NC(=O)C(CCC(N)=O)NCCS(C)(=O)=O)C2. The zero-order valence-corrected chi connectivity index (χ0v) is 27.4. The van der Waals surface area contributed by atoms with Crippen LogP contribution in [0.5, 0.6) is 0 Å². The van der Waals surface area contributed by atoms with E-state index in [1.807, 2.05) is 0 Å². The number of nitrogens with zero attached hydrogens (tertiary/aromatic N) is 1. The first-order valence-electron chi connectivity index (χ1n) is 15.6. The summed E-state index contributed by atoms with van der Waals surface area (Å²) in [6.45, 7) is 5.36. The van der Waals surface area contributed by atoms with E-state index in [1.54, 1.807) is 4.31 Å². The number of aryl methyl sites for hydroxylation is 1. The molecule has 2 saturated carbocycles. The molecule has 5 rings (SSSR count). The Balaban J connectivity index is 1.30. The summed E-state index contributed by atoms with van der Waals surface area (Å²) < 4.78 is 53.2. The zero-order chi connectivity index (χ0) is 31.3. The second kappa shape index (κ2) is 11.7. The fourth-order valence-corrected chi connectivity index (χ4v) is 11.6. The van der Waals surface area contributed by atoms with Crippen LogP contribution in [-0.2, 0) is 41.3 Å². The molecule has 4 N–H and O–H groups in total. The lowest BCUT2D eigenvalue weighted by atomic mass is 9.69. The van der Waals surface area contributed by atoms with E-state index in [0.717, 1.165) is 38.4 Å². The van der Waals surface area contributed by atoms with Gasteiger partial charge in [-0.05, 0) is 79.2 Å². The Labute approximate surface area is 256 Å². The van der Waals surface area contributed by atoms with Crippen LogP contribution in [0.1, 0.15) is 76.3 Å². The minimum Gasteiger partial charge on any atom is -0.370 e. The number of fused-ring (bicyclic) bond motifs is 4. The van der Waals surface area contributed by atoms with E-state index in [4.69, 9.17) is 5.73 Å². The summed E-state index contributed by atoms with van der Waals surface area (Å²) in [5.41, 5.74) is 7.28. The second-order valence-electron chi connectivity index (χ2n) is 14.1. The van der Waals surface area contributed by atoms with Gasteiger partial charge in [-0.1, -0.05) is 38.1 Å². The van der Waals surface area contributed by atoms with Crippen molar-refractivity contribution in [1.29, 1.82) is 0 Å². The highest BCUT2D eigenvalue weighted by Gasteiger charge is 2.66. The number of sulfone groups is 1. The van der Waals surface area contributed by atoms with Gasteiger partial charge in [-0.25, -0.2) is 21.1 Å². The Morgan fingerprint density at radius 1 is 1.07 bits per heavy atom. The first-order chi connectivity index (χ1) is 20.1. The summed E-state index contributed by atoms with van der Waals surface area (Å²) in [7, 11) is -6.85. The average Bonchev–Trinajstić information content (AvgIpc) is 3.46. The molecule has 4 atom stereocenters. The Morgan fingerprint density at radius 3 is 2.42 bits per heavy atom. The van der Waals surface area contributed by atoms with Crippen LogP contribution in [0.2, 0.25) is 0 Å². The molecule has 3 aliphatic carbocycles. The number of primary amides is 1. The van der Waals surface area contributed by atoms with Gasteiger partial charge in [-0.15, -0.1) is 0 Å². The third kappa shape index (κ3) is 6.26. The lowest BCUT2D eigenvalue weighted by Crippen LogP contribution is -2.57. The highest BCUT2D eigenvalue weighted by atomic mass is 32.2. The Kier molecular flexibility index (Phi) is 8.83. The molecule has 240 valence electrons. The van der Waals surface area contributed by atoms with Gasteiger partial charge < -0.3 is 16.4 Å². The monoisotopic (exact) mass is 636 g/mol. The maximum absolute atomic E-state index is 14.1. The van der Waals surface area contributed by atoms with Crippen molar-refractivity contribution in [2.24, 2.45) is 22.5 Å². The van der Waals surface area contributed by atoms with E-state index in [0.29, 0.717) is 25.9 Å². The summed E-state index contributed by atoms with van der Waals surface area (Å²) in [6, 6.07) is 7.42. The number of carbonyl (C=O) groups excluding carboxylic acids is 2. The van der Waals surface area contributed by atoms with Gasteiger partial charge in [-0.3, -0.25) is 9.59 Å². The lowest BCUT2D eigenvalue weighted by molar-refractivity contribution is -0.125. The number of nitrogens with two attached hydrogens (primary N) is 1. The molecule has 1 spiro atoms. The lowest BCUT2D eigenvalue weighted by Gasteiger charge is -2.45. The van der Waals surface area contributed by atoms with Gasteiger partial charge in [0.2, 0.25) is 21.8 Å². The third-order valence-corrected chi connectivity index (χ3v) is 14.6. The molecule has 0 aromatic heterocycles. The summed E-state index contributed by atoms with van der Waals surface area (Å²) in [5, 5.41) is 6.16. The molecule has 3 fully saturated rings. The average molecular weight is 637 g/mol. The molecular formula is C31H48N4O6S2. The molecule has 1 aliphatic heterocycles. The summed E-state index contributed by atoms with van der Waals surface area (Å²) in [4.78, 5) is 25.1. The van der Waals surface area contributed by atoms with Crippen LogP contribution in [0.3, 0.4) is 0 Å². The molecule has 12 heteroatoms. The van der Waals surface area contributed by atoms with Crippen LogP contribution in [0.25, 0.3) is 0 Å². The molecule has 2 amide bonds. The van der Waals surface area contributed by atoms with Crippen molar-refractivity contribution in [3.8, 4) is 0 Å².